The third kappa shape index (κ3) is 3.09. The minimum atomic E-state index is 0.0295. The summed E-state index contributed by atoms with van der Waals surface area (Å²) in [6.45, 7) is 0.846. The second-order valence-corrected chi connectivity index (χ2v) is 6.18. The van der Waals surface area contributed by atoms with Crippen molar-refractivity contribution < 1.29 is 14.3 Å². The Morgan fingerprint density at radius 1 is 1.27 bits per heavy atom. The van der Waals surface area contributed by atoms with Gasteiger partial charge in [0.25, 0.3) is 5.91 Å². The molecule has 1 atom stereocenters. The van der Waals surface area contributed by atoms with Crippen LogP contribution in [-0.2, 0) is 4.79 Å². The molecule has 5 heteroatoms. The normalized spacial score (nSPS) is 17.5. The van der Waals surface area contributed by atoms with E-state index in [1.807, 2.05) is 35.2 Å². The van der Waals surface area contributed by atoms with Crippen LogP contribution in [0.2, 0.25) is 0 Å². The van der Waals surface area contributed by atoms with Gasteiger partial charge in [-0.1, -0.05) is 18.2 Å². The standard InChI is InChI=1S/C17H19NO3S/c1-20-14-7-2-3-8-15(14)21-12-17(19)18-10-4-6-13(18)16-9-5-11-22-16/h2-3,5,7-9,11,13H,4,6,10,12H2,1H3. The van der Waals surface area contributed by atoms with E-state index >= 15 is 0 Å². The van der Waals surface area contributed by atoms with Crippen molar-refractivity contribution in [3.8, 4) is 11.5 Å². The molecule has 0 spiro atoms. The number of nitrogens with zero attached hydrogens (tertiary/aromatic N) is 1. The van der Waals surface area contributed by atoms with Crippen LogP contribution in [0.3, 0.4) is 0 Å². The maximum Gasteiger partial charge on any atom is 0.261 e. The van der Waals surface area contributed by atoms with Crippen molar-refractivity contribution in [2.75, 3.05) is 20.3 Å². The first-order valence-electron chi connectivity index (χ1n) is 7.38. The molecule has 1 amide bonds. The summed E-state index contributed by atoms with van der Waals surface area (Å²) in [6.07, 6.45) is 2.07. The second kappa shape index (κ2) is 6.83. The molecule has 22 heavy (non-hydrogen) atoms. The Bertz CT molecular complexity index is 627. The molecule has 1 aliphatic heterocycles. The number of methoxy groups -OCH3 is 1. The van der Waals surface area contributed by atoms with Gasteiger partial charge in [0, 0.05) is 11.4 Å². The highest BCUT2D eigenvalue weighted by Gasteiger charge is 2.30. The highest BCUT2D eigenvalue weighted by molar-refractivity contribution is 7.10. The molecule has 1 aromatic heterocycles. The molecule has 2 heterocycles. The van der Waals surface area contributed by atoms with Gasteiger partial charge in [0.05, 0.1) is 13.2 Å². The van der Waals surface area contributed by atoms with Crippen LogP contribution in [0, 0.1) is 0 Å². The third-order valence-electron chi connectivity index (χ3n) is 3.86. The Balaban J connectivity index is 1.64. The van der Waals surface area contributed by atoms with Gasteiger partial charge >= 0.3 is 0 Å². The van der Waals surface area contributed by atoms with Crippen molar-refractivity contribution in [1.29, 1.82) is 0 Å². The van der Waals surface area contributed by atoms with E-state index in [-0.39, 0.29) is 18.6 Å². The van der Waals surface area contributed by atoms with Crippen LogP contribution in [0.25, 0.3) is 0 Å². The third-order valence-corrected chi connectivity index (χ3v) is 4.84. The van der Waals surface area contributed by atoms with Crippen LogP contribution in [0.1, 0.15) is 23.8 Å². The smallest absolute Gasteiger partial charge is 0.261 e. The summed E-state index contributed by atoms with van der Waals surface area (Å²) in [7, 11) is 1.59. The predicted octanol–water partition coefficient (Wildman–Crippen LogP) is 3.50. The lowest BCUT2D eigenvalue weighted by Gasteiger charge is -2.24. The lowest BCUT2D eigenvalue weighted by molar-refractivity contribution is -0.134. The van der Waals surface area contributed by atoms with Gasteiger partial charge in [-0.3, -0.25) is 4.79 Å². The molecule has 1 aromatic carbocycles. The summed E-state index contributed by atoms with van der Waals surface area (Å²) in [4.78, 5) is 15.7. The summed E-state index contributed by atoms with van der Waals surface area (Å²) >= 11 is 1.71. The first kappa shape index (κ1) is 14.9. The van der Waals surface area contributed by atoms with Crippen LogP contribution in [0.4, 0.5) is 0 Å². The maximum atomic E-state index is 12.5. The van der Waals surface area contributed by atoms with E-state index in [2.05, 4.69) is 11.4 Å². The van der Waals surface area contributed by atoms with Crippen LogP contribution < -0.4 is 9.47 Å². The van der Waals surface area contributed by atoms with Crippen molar-refractivity contribution in [1.82, 2.24) is 4.90 Å². The van der Waals surface area contributed by atoms with Crippen molar-refractivity contribution in [2.45, 2.75) is 18.9 Å². The summed E-state index contributed by atoms with van der Waals surface area (Å²) in [6, 6.07) is 11.7. The molecule has 1 aliphatic rings. The predicted molar refractivity (Wildman–Crippen MR) is 86.5 cm³/mol. The van der Waals surface area contributed by atoms with Gasteiger partial charge < -0.3 is 14.4 Å². The highest BCUT2D eigenvalue weighted by atomic mass is 32.1. The number of thiophene rings is 1. The molecule has 2 aromatic rings. The Morgan fingerprint density at radius 3 is 2.82 bits per heavy atom. The number of ether oxygens (including phenoxy) is 2. The Kier molecular flexibility index (Phi) is 4.63. The lowest BCUT2D eigenvalue weighted by atomic mass is 10.2. The molecule has 0 aliphatic carbocycles. The zero-order chi connectivity index (χ0) is 15.4. The number of hydrogen-bond acceptors (Lipinski definition) is 4. The average molecular weight is 317 g/mol. The van der Waals surface area contributed by atoms with E-state index in [1.165, 1.54) is 4.88 Å². The number of carbonyl (C=O) groups excluding carboxylic acids is 1. The SMILES string of the molecule is COc1ccccc1OCC(=O)N1CCCC1c1cccs1. The van der Waals surface area contributed by atoms with Crippen LogP contribution in [0.15, 0.2) is 41.8 Å². The number of para-hydroxylation sites is 2. The van der Waals surface area contributed by atoms with E-state index in [0.717, 1.165) is 19.4 Å². The molecule has 1 fully saturated rings. The van der Waals surface area contributed by atoms with Crippen molar-refractivity contribution in [3.63, 3.8) is 0 Å². The minimum absolute atomic E-state index is 0.0295. The molecule has 0 saturated carbocycles. The number of benzene rings is 1. The molecule has 116 valence electrons. The Morgan fingerprint density at radius 2 is 2.09 bits per heavy atom. The molecule has 0 bridgehead atoms. The van der Waals surface area contributed by atoms with E-state index in [0.29, 0.717) is 11.5 Å². The summed E-state index contributed by atoms with van der Waals surface area (Å²) in [5.74, 6) is 1.28. The van der Waals surface area contributed by atoms with Gasteiger partial charge in [0.1, 0.15) is 0 Å². The summed E-state index contributed by atoms with van der Waals surface area (Å²) < 4.78 is 10.9. The molecule has 0 radical (unpaired) electrons. The number of amides is 1. The zero-order valence-corrected chi connectivity index (χ0v) is 13.3. The molecular formula is C17H19NO3S. The zero-order valence-electron chi connectivity index (χ0n) is 12.5. The average Bonchev–Trinajstić information content (AvgIpc) is 3.23. The number of rotatable bonds is 5. The number of hydrogen-bond donors (Lipinski definition) is 0. The van der Waals surface area contributed by atoms with Crippen LogP contribution in [0.5, 0.6) is 11.5 Å². The monoisotopic (exact) mass is 317 g/mol. The fraction of sp³-hybridized carbons (Fsp3) is 0.353. The van der Waals surface area contributed by atoms with Gasteiger partial charge in [-0.05, 0) is 36.4 Å². The molecular weight excluding hydrogens is 298 g/mol. The van der Waals surface area contributed by atoms with Crippen molar-refractivity contribution in [3.05, 3.63) is 46.7 Å². The topological polar surface area (TPSA) is 38.8 Å². The van der Waals surface area contributed by atoms with Crippen molar-refractivity contribution in [2.24, 2.45) is 0 Å². The summed E-state index contributed by atoms with van der Waals surface area (Å²) in [5.41, 5.74) is 0. The fourth-order valence-electron chi connectivity index (χ4n) is 2.80. The highest BCUT2D eigenvalue weighted by Crippen LogP contribution is 2.34. The van der Waals surface area contributed by atoms with E-state index in [9.17, 15) is 4.79 Å². The van der Waals surface area contributed by atoms with Crippen molar-refractivity contribution >= 4 is 17.2 Å². The molecule has 0 N–H and O–H groups in total. The van der Waals surface area contributed by atoms with E-state index in [4.69, 9.17) is 9.47 Å². The van der Waals surface area contributed by atoms with E-state index in [1.54, 1.807) is 18.4 Å². The largest absolute Gasteiger partial charge is 0.493 e. The second-order valence-electron chi connectivity index (χ2n) is 5.20. The number of likely N-dealkylation sites (tertiary alicyclic amines) is 1. The first-order valence-corrected chi connectivity index (χ1v) is 8.26. The minimum Gasteiger partial charge on any atom is -0.493 e. The molecule has 3 rings (SSSR count). The molecule has 1 unspecified atom stereocenters. The van der Waals surface area contributed by atoms with Gasteiger partial charge in [0.2, 0.25) is 0 Å². The van der Waals surface area contributed by atoms with Gasteiger partial charge in [-0.2, -0.15) is 0 Å². The van der Waals surface area contributed by atoms with E-state index < -0.39 is 0 Å². The number of carbonyl (C=O) groups is 1. The Labute approximate surface area is 134 Å². The quantitative estimate of drug-likeness (QED) is 0.847. The Hall–Kier alpha value is -2.01. The first-order chi connectivity index (χ1) is 10.8. The lowest BCUT2D eigenvalue weighted by Crippen LogP contribution is -2.34. The fourth-order valence-corrected chi connectivity index (χ4v) is 3.68. The van der Waals surface area contributed by atoms with Gasteiger partial charge in [0.15, 0.2) is 18.1 Å². The maximum absolute atomic E-state index is 12.5. The molecule has 4 nitrogen and oxygen atoms in total. The van der Waals surface area contributed by atoms with Gasteiger partial charge in [-0.15, -0.1) is 11.3 Å². The van der Waals surface area contributed by atoms with Gasteiger partial charge in [-0.25, -0.2) is 0 Å². The van der Waals surface area contributed by atoms with Crippen LogP contribution >= 0.6 is 11.3 Å². The van der Waals surface area contributed by atoms with Crippen LogP contribution in [-0.4, -0.2) is 31.1 Å². The summed E-state index contributed by atoms with van der Waals surface area (Å²) in [5, 5.41) is 2.06. The molecule has 1 saturated heterocycles.